The molecule has 1 fully saturated rings. The van der Waals surface area contributed by atoms with E-state index >= 15 is 0 Å². The van der Waals surface area contributed by atoms with E-state index in [1.807, 2.05) is 24.5 Å². The molecule has 0 aliphatic carbocycles. The van der Waals surface area contributed by atoms with Gasteiger partial charge < -0.3 is 35.6 Å². The molecule has 0 spiro atoms. The number of rotatable bonds is 18. The third-order valence-electron chi connectivity index (χ3n) is 7.76. The third-order valence-corrected chi connectivity index (χ3v) is 8.77. The first-order valence-electron chi connectivity index (χ1n) is 15.6. The van der Waals surface area contributed by atoms with Gasteiger partial charge in [0.2, 0.25) is 16.6 Å². The van der Waals surface area contributed by atoms with Crippen molar-refractivity contribution in [1.29, 1.82) is 0 Å². The monoisotopic (exact) mass is 736 g/mol. The van der Waals surface area contributed by atoms with Crippen LogP contribution in [0.2, 0.25) is 0 Å². The predicted octanol–water partition coefficient (Wildman–Crippen LogP) is 0.927. The van der Waals surface area contributed by atoms with Crippen LogP contribution in [-0.4, -0.2) is 89.1 Å². The van der Waals surface area contributed by atoms with E-state index < -0.39 is 51.6 Å². The number of oxime groups is 1. The summed E-state index contributed by atoms with van der Waals surface area (Å²) in [5.41, 5.74) is 11.4. The Morgan fingerprint density at radius 1 is 1.24 bits per heavy atom. The van der Waals surface area contributed by atoms with Gasteiger partial charge in [-0.2, -0.15) is 14.4 Å². The second-order valence-corrected chi connectivity index (χ2v) is 13.5. The molecule has 3 atom stereocenters. The summed E-state index contributed by atoms with van der Waals surface area (Å²) < 4.78 is 50.4. The molecule has 2 amide bonds. The number of nitrogens with one attached hydrogen (secondary N) is 2. The highest BCUT2D eigenvalue weighted by molar-refractivity contribution is 7.80. The number of amides is 2. The van der Waals surface area contributed by atoms with Crippen molar-refractivity contribution >= 4 is 50.4 Å². The summed E-state index contributed by atoms with van der Waals surface area (Å²) in [6.45, 7) is 6.75. The Bertz CT molecular complexity index is 1790. The number of β-lactam (4-membered cyclic amide) rings is 1. The number of anilines is 1. The molecular weight excluding hydrogens is 697 g/mol. The molecule has 4 rings (SSSR count). The molecule has 1 unspecified atom stereocenters. The summed E-state index contributed by atoms with van der Waals surface area (Å²) in [6, 6.07) is 6.15. The van der Waals surface area contributed by atoms with E-state index in [4.69, 9.17) is 25.8 Å². The van der Waals surface area contributed by atoms with Crippen molar-refractivity contribution in [2.24, 2.45) is 10.9 Å². The van der Waals surface area contributed by atoms with Gasteiger partial charge in [-0.3, -0.25) is 9.59 Å². The standard InChI is InChI=1S/C30H40N8O10S2/c1-5-20(8-7-13-31)37-15-19(14-33-37)18-9-11-21(12-10-18)46-16-23(28(41)45-6-2)47-36-24(22-17-49-29(32)34-22)26(39)35-25-27(40)38(30(25,3)4)48-50(42,43)44/h9-12,14-15,17,20,23,25H,5-8,13,16,31H2,1-4H3,(H4,32,34,35,39,42,43,44)/b36-24-/t20?,23-,25+/m0/s1. The van der Waals surface area contributed by atoms with Crippen molar-refractivity contribution in [3.8, 4) is 16.9 Å². The maximum atomic E-state index is 13.4. The van der Waals surface area contributed by atoms with Crippen LogP contribution in [0.3, 0.4) is 0 Å². The van der Waals surface area contributed by atoms with Crippen LogP contribution < -0.4 is 26.2 Å². The number of carbonyl (C=O) groups excluding carboxylic acids is 3. The number of ether oxygens (including phenoxy) is 2. The van der Waals surface area contributed by atoms with Gasteiger partial charge in [-0.15, -0.1) is 16.0 Å². The second-order valence-electron chi connectivity index (χ2n) is 11.6. The molecule has 1 aliphatic rings. The fourth-order valence-corrected chi connectivity index (χ4v) is 6.05. The molecule has 1 aliphatic heterocycles. The van der Waals surface area contributed by atoms with E-state index in [9.17, 15) is 27.4 Å². The number of H-pyrrole nitrogens is 1. The number of nitrogens with zero attached hydrogens (tertiary/aromatic N) is 4. The lowest BCUT2D eigenvalue weighted by molar-refractivity contribution is -0.774. The minimum Gasteiger partial charge on any atom is -0.724 e. The number of hydroxylamine groups is 2. The Balaban J connectivity index is 1.47. The number of esters is 1. The largest absolute Gasteiger partial charge is 0.724 e. The minimum atomic E-state index is -5.26. The first-order chi connectivity index (χ1) is 23.7. The number of aromatic nitrogens is 3. The molecule has 18 nitrogen and oxygen atoms in total. The van der Waals surface area contributed by atoms with Crippen molar-refractivity contribution in [2.75, 3.05) is 25.5 Å². The van der Waals surface area contributed by atoms with Gasteiger partial charge in [-0.25, -0.2) is 18.2 Å². The molecule has 3 aromatic rings. The first-order valence-corrected chi connectivity index (χ1v) is 17.8. The zero-order valence-corrected chi connectivity index (χ0v) is 29.5. The maximum absolute atomic E-state index is 13.4. The molecule has 0 saturated carbocycles. The normalized spacial score (nSPS) is 17.1. The molecule has 2 aromatic heterocycles. The number of benzene rings is 1. The minimum absolute atomic E-state index is 0.0192. The number of carbonyl (C=O) groups is 3. The summed E-state index contributed by atoms with van der Waals surface area (Å²) >= 11 is 0.988. The van der Waals surface area contributed by atoms with E-state index in [0.717, 1.165) is 41.7 Å². The van der Waals surface area contributed by atoms with Crippen molar-refractivity contribution in [2.45, 2.75) is 70.7 Å². The Morgan fingerprint density at radius 3 is 2.54 bits per heavy atom. The van der Waals surface area contributed by atoms with Gasteiger partial charge in [0.05, 0.1) is 23.9 Å². The number of nitrogen functional groups attached to an aromatic ring is 1. The van der Waals surface area contributed by atoms with Crippen molar-refractivity contribution in [1.82, 2.24) is 20.5 Å². The van der Waals surface area contributed by atoms with Crippen molar-refractivity contribution < 1.29 is 50.6 Å². The van der Waals surface area contributed by atoms with Crippen molar-refractivity contribution in [3.05, 3.63) is 47.7 Å². The van der Waals surface area contributed by atoms with Crippen LogP contribution in [0, 0.1) is 0 Å². The first kappa shape index (κ1) is 38.2. The fraction of sp³-hybridized carbons (Fsp3) is 0.467. The van der Waals surface area contributed by atoms with Crippen LogP contribution in [-0.2, 0) is 38.6 Å². The molecule has 272 valence electrons. The van der Waals surface area contributed by atoms with Gasteiger partial charge in [0.1, 0.15) is 24.1 Å². The highest BCUT2D eigenvalue weighted by Crippen LogP contribution is 2.33. The molecule has 6 N–H and O–H groups in total. The van der Waals surface area contributed by atoms with Gasteiger partial charge in [0.15, 0.2) is 16.9 Å². The molecule has 1 saturated heterocycles. The lowest BCUT2D eigenvalue weighted by atomic mass is 9.84. The number of nitrogens with two attached hydrogens (primary N) is 2. The van der Waals surface area contributed by atoms with Gasteiger partial charge in [-0.1, -0.05) is 24.2 Å². The lowest BCUT2D eigenvalue weighted by Crippen LogP contribution is -2.76. The predicted molar refractivity (Wildman–Crippen MR) is 178 cm³/mol. The maximum Gasteiger partial charge on any atom is 0.353 e. The molecule has 3 heterocycles. The van der Waals surface area contributed by atoms with Crippen LogP contribution in [0.1, 0.15) is 58.7 Å². The van der Waals surface area contributed by atoms with Gasteiger partial charge in [-0.05, 0) is 51.4 Å². The van der Waals surface area contributed by atoms with Crippen LogP contribution in [0.5, 0.6) is 5.75 Å². The Kier molecular flexibility index (Phi) is 12.5. The summed E-state index contributed by atoms with van der Waals surface area (Å²) in [5, 5.41) is 11.4. The van der Waals surface area contributed by atoms with Gasteiger partial charge >= 0.3 is 5.97 Å². The summed E-state index contributed by atoms with van der Waals surface area (Å²) in [7, 11) is -5.26. The van der Waals surface area contributed by atoms with Crippen LogP contribution in [0.15, 0.2) is 47.2 Å². The topological polar surface area (TPSA) is 258 Å². The molecule has 20 heteroatoms. The Labute approximate surface area is 292 Å². The SMILES string of the molecule is CCOC(=O)[C@H](COc1ccc(-c2c[nH][n+](C(CC)CCCN)c2)cc1)O/N=C(\C(=O)N[C@@H]1C(=O)N(OS(=O)(=O)[O-])C1(C)C)c1csc(N)n1. The number of aromatic amines is 1. The van der Waals surface area contributed by atoms with Crippen molar-refractivity contribution in [3.63, 3.8) is 0 Å². The molecular formula is C30H40N8O10S2. The fourth-order valence-electron chi connectivity index (χ4n) is 5.06. The van der Waals surface area contributed by atoms with E-state index in [1.54, 1.807) is 19.1 Å². The molecule has 0 bridgehead atoms. The second kappa shape index (κ2) is 16.4. The van der Waals surface area contributed by atoms with E-state index in [2.05, 4.69) is 36.4 Å². The summed E-state index contributed by atoms with van der Waals surface area (Å²) in [5.74, 6) is -2.41. The Hall–Kier alpha value is -4.63. The van der Waals surface area contributed by atoms with E-state index in [0.29, 0.717) is 23.4 Å². The number of hydrogen-bond acceptors (Lipinski definition) is 15. The average Bonchev–Trinajstić information content (AvgIpc) is 3.74. The third kappa shape index (κ3) is 9.33. The average molecular weight is 737 g/mol. The number of thiazole rings is 1. The molecule has 50 heavy (non-hydrogen) atoms. The zero-order valence-electron chi connectivity index (χ0n) is 27.9. The van der Waals surface area contributed by atoms with Crippen LogP contribution >= 0.6 is 11.3 Å². The lowest BCUT2D eigenvalue weighted by Gasteiger charge is -2.51. The summed E-state index contributed by atoms with van der Waals surface area (Å²) in [4.78, 5) is 48.3. The van der Waals surface area contributed by atoms with Crippen LogP contribution in [0.4, 0.5) is 5.13 Å². The van der Waals surface area contributed by atoms with E-state index in [-0.39, 0.29) is 24.0 Å². The quantitative estimate of drug-likeness (QED) is 0.0270. The molecule has 1 aromatic carbocycles. The molecule has 0 radical (unpaired) electrons. The van der Waals surface area contributed by atoms with E-state index in [1.165, 1.54) is 19.2 Å². The summed E-state index contributed by atoms with van der Waals surface area (Å²) in [6.07, 6.45) is 5.36. The van der Waals surface area contributed by atoms with Gasteiger partial charge in [0, 0.05) is 18.2 Å². The highest BCUT2D eigenvalue weighted by atomic mass is 32.3. The smallest absolute Gasteiger partial charge is 0.353 e. The highest BCUT2D eigenvalue weighted by Gasteiger charge is 2.57. The zero-order chi connectivity index (χ0) is 36.6. The number of hydrogen-bond donors (Lipinski definition) is 4. The van der Waals surface area contributed by atoms with Gasteiger partial charge in [0.25, 0.3) is 17.9 Å². The van der Waals surface area contributed by atoms with Crippen LogP contribution in [0.25, 0.3) is 11.1 Å². The Morgan fingerprint density at radius 2 is 1.96 bits per heavy atom.